The van der Waals surface area contributed by atoms with Crippen LogP contribution in [0.15, 0.2) is 71.6 Å². The summed E-state index contributed by atoms with van der Waals surface area (Å²) in [5, 5.41) is 2.68. The fraction of sp³-hybridized carbons (Fsp3) is 0.136. The summed E-state index contributed by atoms with van der Waals surface area (Å²) in [7, 11) is -7.19. The molecule has 10 heteroatoms. The summed E-state index contributed by atoms with van der Waals surface area (Å²) in [4.78, 5) is 12.5. The molecule has 0 fully saturated rings. The lowest BCUT2D eigenvalue weighted by Crippen LogP contribution is -2.15. The molecule has 8 nitrogen and oxygen atoms in total. The van der Waals surface area contributed by atoms with E-state index in [0.29, 0.717) is 22.6 Å². The summed E-state index contributed by atoms with van der Waals surface area (Å²) < 4.78 is 52.8. The molecule has 1 amide bonds. The highest BCUT2D eigenvalue weighted by atomic mass is 32.2. The van der Waals surface area contributed by atoms with E-state index in [9.17, 15) is 21.6 Å². The maximum atomic E-state index is 12.7. The zero-order valence-corrected chi connectivity index (χ0v) is 19.3. The van der Waals surface area contributed by atoms with Gasteiger partial charge in [0.25, 0.3) is 15.9 Å². The van der Waals surface area contributed by atoms with Gasteiger partial charge in [0.05, 0.1) is 16.8 Å². The lowest BCUT2D eigenvalue weighted by molar-refractivity contribution is 0.102. The van der Waals surface area contributed by atoms with Crippen LogP contribution >= 0.6 is 0 Å². The molecule has 32 heavy (non-hydrogen) atoms. The van der Waals surface area contributed by atoms with Crippen molar-refractivity contribution >= 4 is 43.0 Å². The van der Waals surface area contributed by atoms with Crippen LogP contribution in [0.25, 0.3) is 0 Å². The van der Waals surface area contributed by atoms with Crippen LogP contribution < -0.4 is 14.8 Å². The van der Waals surface area contributed by atoms with Gasteiger partial charge in [-0.05, 0) is 79.6 Å². The molecule has 0 aliphatic carbocycles. The van der Waals surface area contributed by atoms with Crippen LogP contribution in [0.4, 0.5) is 17.1 Å². The Morgan fingerprint density at radius 2 is 1.34 bits per heavy atom. The molecule has 0 aliphatic rings. The average molecular weight is 474 g/mol. The van der Waals surface area contributed by atoms with E-state index in [0.717, 1.165) is 17.4 Å². The fourth-order valence-electron chi connectivity index (χ4n) is 2.87. The van der Waals surface area contributed by atoms with Crippen molar-refractivity contribution in [2.24, 2.45) is 0 Å². The fourth-order valence-corrected chi connectivity index (χ4v) is 4.56. The van der Waals surface area contributed by atoms with Crippen LogP contribution in [0.5, 0.6) is 0 Å². The number of rotatable bonds is 7. The van der Waals surface area contributed by atoms with E-state index in [1.54, 1.807) is 6.07 Å². The van der Waals surface area contributed by atoms with Gasteiger partial charge in [-0.25, -0.2) is 16.8 Å². The Kier molecular flexibility index (Phi) is 6.56. The topological polar surface area (TPSA) is 121 Å². The summed E-state index contributed by atoms with van der Waals surface area (Å²) >= 11 is 0. The lowest BCUT2D eigenvalue weighted by Gasteiger charge is -2.12. The number of hydrogen-bond donors (Lipinski definition) is 3. The maximum Gasteiger partial charge on any atom is 0.261 e. The molecule has 0 saturated heterocycles. The Morgan fingerprint density at radius 3 is 1.94 bits per heavy atom. The molecule has 0 aromatic heterocycles. The minimum absolute atomic E-state index is 0.0626. The molecule has 0 atom stereocenters. The van der Waals surface area contributed by atoms with Crippen molar-refractivity contribution in [1.82, 2.24) is 0 Å². The molecule has 0 radical (unpaired) electrons. The largest absolute Gasteiger partial charge is 0.322 e. The van der Waals surface area contributed by atoms with E-state index >= 15 is 0 Å². The highest BCUT2D eigenvalue weighted by molar-refractivity contribution is 7.92. The predicted molar refractivity (Wildman–Crippen MR) is 126 cm³/mol. The lowest BCUT2D eigenvalue weighted by atomic mass is 10.1. The van der Waals surface area contributed by atoms with Gasteiger partial charge in [0.2, 0.25) is 10.0 Å². The first-order valence-electron chi connectivity index (χ1n) is 9.52. The molecule has 0 heterocycles. The Hall–Kier alpha value is -3.37. The highest BCUT2D eigenvalue weighted by Crippen LogP contribution is 2.22. The van der Waals surface area contributed by atoms with Crippen LogP contribution in [0.2, 0.25) is 0 Å². The number of carbonyl (C=O) groups is 1. The van der Waals surface area contributed by atoms with Crippen molar-refractivity contribution in [3.05, 3.63) is 83.4 Å². The minimum Gasteiger partial charge on any atom is -0.322 e. The summed E-state index contributed by atoms with van der Waals surface area (Å²) in [6.07, 6.45) is 1.04. The van der Waals surface area contributed by atoms with Crippen molar-refractivity contribution in [2.75, 3.05) is 21.0 Å². The van der Waals surface area contributed by atoms with Gasteiger partial charge in [-0.2, -0.15) is 0 Å². The average Bonchev–Trinajstić information content (AvgIpc) is 2.70. The highest BCUT2D eigenvalue weighted by Gasteiger charge is 2.16. The molecule has 0 aliphatic heterocycles. The zero-order valence-electron chi connectivity index (χ0n) is 17.7. The number of anilines is 3. The quantitative estimate of drug-likeness (QED) is 0.483. The second-order valence-electron chi connectivity index (χ2n) is 7.35. The van der Waals surface area contributed by atoms with Gasteiger partial charge in [0.15, 0.2) is 0 Å². The summed E-state index contributed by atoms with van der Waals surface area (Å²) in [6.45, 7) is 3.70. The first-order valence-corrected chi connectivity index (χ1v) is 12.9. The molecule has 3 N–H and O–H groups in total. The molecule has 0 spiro atoms. The van der Waals surface area contributed by atoms with Crippen molar-refractivity contribution in [3.63, 3.8) is 0 Å². The number of sulfonamides is 2. The Bertz CT molecular complexity index is 1350. The summed E-state index contributed by atoms with van der Waals surface area (Å²) in [6, 6.07) is 17.2. The summed E-state index contributed by atoms with van der Waals surface area (Å²) in [5.41, 5.74) is 3.33. The van der Waals surface area contributed by atoms with E-state index in [4.69, 9.17) is 0 Å². The van der Waals surface area contributed by atoms with Gasteiger partial charge in [-0.3, -0.25) is 14.2 Å². The van der Waals surface area contributed by atoms with E-state index in [-0.39, 0.29) is 4.90 Å². The number of amides is 1. The van der Waals surface area contributed by atoms with Crippen molar-refractivity contribution in [3.8, 4) is 0 Å². The van der Waals surface area contributed by atoms with Crippen LogP contribution in [0, 0.1) is 13.8 Å². The van der Waals surface area contributed by atoms with Gasteiger partial charge in [0.1, 0.15) is 0 Å². The Balaban J connectivity index is 1.70. The SMILES string of the molecule is Cc1ccc(C)c(NS(=O)(=O)c2ccc(NC(=O)c3ccc(NS(C)(=O)=O)cc3)cc2)c1. The molecule has 3 aromatic rings. The Morgan fingerprint density at radius 1 is 0.750 bits per heavy atom. The number of carbonyl (C=O) groups excluding carboxylic acids is 1. The smallest absolute Gasteiger partial charge is 0.261 e. The number of benzene rings is 3. The van der Waals surface area contributed by atoms with Gasteiger partial charge in [-0.15, -0.1) is 0 Å². The van der Waals surface area contributed by atoms with E-state index in [1.165, 1.54) is 48.5 Å². The standard InChI is InChI=1S/C22H23N3O5S2/c1-15-4-5-16(2)21(14-15)25-32(29,30)20-12-10-18(11-13-20)23-22(26)17-6-8-19(9-7-17)24-31(3,27)28/h4-14,24-25H,1-3H3,(H,23,26). The van der Waals surface area contributed by atoms with E-state index in [1.807, 2.05) is 26.0 Å². The molecule has 0 unspecified atom stereocenters. The van der Waals surface area contributed by atoms with Crippen molar-refractivity contribution in [2.45, 2.75) is 18.7 Å². The third-order valence-electron chi connectivity index (χ3n) is 4.51. The monoisotopic (exact) mass is 473 g/mol. The van der Waals surface area contributed by atoms with E-state index in [2.05, 4.69) is 14.8 Å². The van der Waals surface area contributed by atoms with E-state index < -0.39 is 26.0 Å². The first kappa shape index (κ1) is 23.3. The van der Waals surface area contributed by atoms with Gasteiger partial charge >= 0.3 is 0 Å². The molecule has 3 aromatic carbocycles. The minimum atomic E-state index is -3.79. The maximum absolute atomic E-state index is 12.7. The van der Waals surface area contributed by atoms with Gasteiger partial charge in [0, 0.05) is 16.9 Å². The molecule has 168 valence electrons. The number of aryl methyl sites for hydroxylation is 2. The molecule has 0 bridgehead atoms. The summed E-state index contributed by atoms with van der Waals surface area (Å²) in [5.74, 6) is -0.417. The van der Waals surface area contributed by atoms with Crippen LogP contribution in [-0.4, -0.2) is 29.0 Å². The molecule has 3 rings (SSSR count). The first-order chi connectivity index (χ1) is 14.9. The second-order valence-corrected chi connectivity index (χ2v) is 10.8. The molecular formula is C22H23N3O5S2. The van der Waals surface area contributed by atoms with Crippen molar-refractivity contribution in [1.29, 1.82) is 0 Å². The molecular weight excluding hydrogens is 450 g/mol. The predicted octanol–water partition coefficient (Wildman–Crippen LogP) is 3.73. The van der Waals surface area contributed by atoms with Crippen molar-refractivity contribution < 1.29 is 21.6 Å². The molecule has 0 saturated carbocycles. The van der Waals surface area contributed by atoms with Crippen LogP contribution in [0.3, 0.4) is 0 Å². The second kappa shape index (κ2) is 9.01. The normalized spacial score (nSPS) is 11.6. The zero-order chi connectivity index (χ0) is 23.5. The number of nitrogens with one attached hydrogen (secondary N) is 3. The van der Waals surface area contributed by atoms with Crippen LogP contribution in [-0.2, 0) is 20.0 Å². The third-order valence-corrected chi connectivity index (χ3v) is 6.50. The Labute approximate surface area is 187 Å². The van der Waals surface area contributed by atoms with Gasteiger partial charge < -0.3 is 5.32 Å². The third kappa shape index (κ3) is 6.08. The van der Waals surface area contributed by atoms with Crippen LogP contribution in [0.1, 0.15) is 21.5 Å². The number of hydrogen-bond acceptors (Lipinski definition) is 5. The van der Waals surface area contributed by atoms with Gasteiger partial charge in [-0.1, -0.05) is 12.1 Å².